The molecule has 2 heteroatoms. The van der Waals surface area contributed by atoms with E-state index >= 15 is 0 Å². The lowest BCUT2D eigenvalue weighted by molar-refractivity contribution is 0.138. The molecule has 1 aromatic rings. The van der Waals surface area contributed by atoms with E-state index in [2.05, 4.69) is 44.3 Å². The Bertz CT molecular complexity index is 474. The molecule has 1 aliphatic carbocycles. The summed E-state index contributed by atoms with van der Waals surface area (Å²) in [6.45, 7) is 7.64. The third-order valence-electron chi connectivity index (χ3n) is 4.86. The third kappa shape index (κ3) is 3.01. The molecule has 1 aliphatic heterocycles. The van der Waals surface area contributed by atoms with E-state index in [1.807, 2.05) is 0 Å². The van der Waals surface area contributed by atoms with E-state index in [9.17, 15) is 0 Å². The highest BCUT2D eigenvalue weighted by molar-refractivity contribution is 5.41. The first-order valence-electron chi connectivity index (χ1n) is 8.08. The second kappa shape index (κ2) is 5.40. The maximum Gasteiger partial charge on any atom is 0.123 e. The fourth-order valence-electron chi connectivity index (χ4n) is 3.68. The van der Waals surface area contributed by atoms with Gasteiger partial charge in [-0.3, -0.25) is 0 Å². The Morgan fingerprint density at radius 1 is 1.30 bits per heavy atom. The molecule has 1 heterocycles. The summed E-state index contributed by atoms with van der Waals surface area (Å²) in [5, 5.41) is 3.71. The van der Waals surface area contributed by atoms with Crippen molar-refractivity contribution in [3.05, 3.63) is 29.3 Å². The zero-order valence-corrected chi connectivity index (χ0v) is 13.0. The van der Waals surface area contributed by atoms with Crippen molar-refractivity contribution in [2.24, 2.45) is 5.92 Å². The molecule has 1 aromatic carbocycles. The molecular formula is C18H27NO. The van der Waals surface area contributed by atoms with Gasteiger partial charge in [-0.25, -0.2) is 0 Å². The minimum atomic E-state index is -0.0362. The second-order valence-electron chi connectivity index (χ2n) is 7.19. The number of rotatable bonds is 4. The molecule has 1 fully saturated rings. The molecule has 0 radical (unpaired) electrons. The number of hydrogen-bond acceptors (Lipinski definition) is 2. The van der Waals surface area contributed by atoms with Gasteiger partial charge in [-0.05, 0) is 56.7 Å². The molecule has 0 spiro atoms. The zero-order chi connectivity index (χ0) is 14.2. The molecule has 0 bridgehead atoms. The van der Waals surface area contributed by atoms with Crippen molar-refractivity contribution >= 4 is 0 Å². The van der Waals surface area contributed by atoms with Crippen molar-refractivity contribution < 1.29 is 4.74 Å². The van der Waals surface area contributed by atoms with Gasteiger partial charge in [-0.1, -0.05) is 25.0 Å². The van der Waals surface area contributed by atoms with Gasteiger partial charge in [-0.2, -0.15) is 0 Å². The fourth-order valence-corrected chi connectivity index (χ4v) is 3.68. The van der Waals surface area contributed by atoms with Crippen LogP contribution in [-0.2, 0) is 13.0 Å². The highest BCUT2D eigenvalue weighted by atomic mass is 16.5. The lowest BCUT2D eigenvalue weighted by atomic mass is 9.98. The van der Waals surface area contributed by atoms with Crippen LogP contribution in [0.2, 0.25) is 0 Å². The summed E-state index contributed by atoms with van der Waals surface area (Å²) in [5.41, 5.74) is 2.71. The number of hydrogen-bond donors (Lipinski definition) is 1. The molecule has 0 amide bonds. The molecule has 0 saturated heterocycles. The summed E-state index contributed by atoms with van der Waals surface area (Å²) in [6, 6.07) is 7.30. The van der Waals surface area contributed by atoms with Crippen LogP contribution in [0.3, 0.4) is 0 Å². The van der Waals surface area contributed by atoms with Crippen molar-refractivity contribution in [1.82, 2.24) is 5.32 Å². The lowest BCUT2D eigenvalue weighted by Crippen LogP contribution is -2.31. The van der Waals surface area contributed by atoms with Crippen LogP contribution in [0.5, 0.6) is 5.75 Å². The molecule has 1 N–H and O–H groups in total. The normalized spacial score (nSPS) is 22.6. The van der Waals surface area contributed by atoms with E-state index in [0.717, 1.165) is 24.6 Å². The van der Waals surface area contributed by atoms with Crippen LogP contribution in [0, 0.1) is 5.92 Å². The standard InChI is InChI=1S/C18H27NO/c1-13(15-6-4-5-7-15)19-12-14-8-9-17-16(10-14)11-18(2,3)20-17/h8-10,13,15,19H,4-7,11-12H2,1-3H3/t13-/m0/s1. The summed E-state index contributed by atoms with van der Waals surface area (Å²) >= 11 is 0. The average molecular weight is 273 g/mol. The Morgan fingerprint density at radius 2 is 2.05 bits per heavy atom. The molecule has 1 atom stereocenters. The zero-order valence-electron chi connectivity index (χ0n) is 13.0. The summed E-state index contributed by atoms with van der Waals surface area (Å²) in [5.74, 6) is 1.95. The number of nitrogens with one attached hydrogen (secondary N) is 1. The maximum atomic E-state index is 5.94. The molecule has 0 unspecified atom stereocenters. The highest BCUT2D eigenvalue weighted by Gasteiger charge is 2.30. The van der Waals surface area contributed by atoms with E-state index < -0.39 is 0 Å². The largest absolute Gasteiger partial charge is 0.487 e. The van der Waals surface area contributed by atoms with Gasteiger partial charge < -0.3 is 10.1 Å². The van der Waals surface area contributed by atoms with Gasteiger partial charge in [0.15, 0.2) is 0 Å². The van der Waals surface area contributed by atoms with Crippen molar-refractivity contribution in [1.29, 1.82) is 0 Å². The molecule has 2 aliphatic rings. The number of benzene rings is 1. The van der Waals surface area contributed by atoms with E-state index in [1.165, 1.54) is 36.8 Å². The Kier molecular flexibility index (Phi) is 3.76. The Morgan fingerprint density at radius 3 is 2.80 bits per heavy atom. The quantitative estimate of drug-likeness (QED) is 0.893. The highest BCUT2D eigenvalue weighted by Crippen LogP contribution is 2.35. The summed E-state index contributed by atoms with van der Waals surface area (Å²) in [4.78, 5) is 0. The minimum absolute atomic E-state index is 0.0362. The molecule has 0 aromatic heterocycles. The molecule has 3 rings (SSSR count). The topological polar surface area (TPSA) is 21.3 Å². The van der Waals surface area contributed by atoms with Crippen molar-refractivity contribution in [3.8, 4) is 5.75 Å². The third-order valence-corrected chi connectivity index (χ3v) is 4.86. The summed E-state index contributed by atoms with van der Waals surface area (Å²) < 4.78 is 5.94. The van der Waals surface area contributed by atoms with Gasteiger partial charge in [-0.15, -0.1) is 0 Å². The maximum absolute atomic E-state index is 5.94. The van der Waals surface area contributed by atoms with Gasteiger partial charge in [0.1, 0.15) is 11.4 Å². The molecular weight excluding hydrogens is 246 g/mol. The lowest BCUT2D eigenvalue weighted by Gasteiger charge is -2.20. The molecule has 1 saturated carbocycles. The van der Waals surface area contributed by atoms with Crippen molar-refractivity contribution in [2.45, 2.75) is 71.1 Å². The van der Waals surface area contributed by atoms with Crippen LogP contribution in [-0.4, -0.2) is 11.6 Å². The monoisotopic (exact) mass is 273 g/mol. The van der Waals surface area contributed by atoms with E-state index in [-0.39, 0.29) is 5.60 Å². The van der Waals surface area contributed by atoms with Crippen LogP contribution in [0.4, 0.5) is 0 Å². The van der Waals surface area contributed by atoms with Crippen LogP contribution >= 0.6 is 0 Å². The average Bonchev–Trinajstić information content (AvgIpc) is 3.00. The van der Waals surface area contributed by atoms with Crippen molar-refractivity contribution in [3.63, 3.8) is 0 Å². The minimum Gasteiger partial charge on any atom is -0.487 e. The van der Waals surface area contributed by atoms with Crippen LogP contribution < -0.4 is 10.1 Å². The Hall–Kier alpha value is -1.02. The van der Waals surface area contributed by atoms with E-state index in [0.29, 0.717) is 6.04 Å². The van der Waals surface area contributed by atoms with Gasteiger partial charge in [0.25, 0.3) is 0 Å². The fraction of sp³-hybridized carbons (Fsp3) is 0.667. The first-order chi connectivity index (χ1) is 9.53. The van der Waals surface area contributed by atoms with Crippen LogP contribution in [0.1, 0.15) is 57.6 Å². The molecule has 20 heavy (non-hydrogen) atoms. The molecule has 2 nitrogen and oxygen atoms in total. The van der Waals surface area contributed by atoms with Crippen molar-refractivity contribution in [2.75, 3.05) is 0 Å². The Balaban J connectivity index is 1.59. The Labute approximate surface area is 122 Å². The SMILES string of the molecule is C[C@H](NCc1ccc2c(c1)CC(C)(C)O2)C1CCCC1. The molecule has 110 valence electrons. The second-order valence-corrected chi connectivity index (χ2v) is 7.19. The van der Waals surface area contributed by atoms with E-state index in [1.54, 1.807) is 0 Å². The number of fused-ring (bicyclic) bond motifs is 1. The predicted molar refractivity (Wildman–Crippen MR) is 83.1 cm³/mol. The summed E-state index contributed by atoms with van der Waals surface area (Å²) in [6.07, 6.45) is 6.67. The van der Waals surface area contributed by atoms with Gasteiger partial charge in [0, 0.05) is 19.0 Å². The predicted octanol–water partition coefficient (Wildman–Crippen LogP) is 4.07. The van der Waals surface area contributed by atoms with Gasteiger partial charge in [0.05, 0.1) is 0 Å². The van der Waals surface area contributed by atoms with E-state index in [4.69, 9.17) is 4.74 Å². The smallest absolute Gasteiger partial charge is 0.123 e. The van der Waals surface area contributed by atoms with Gasteiger partial charge in [0.2, 0.25) is 0 Å². The number of ether oxygens (including phenoxy) is 1. The summed E-state index contributed by atoms with van der Waals surface area (Å²) in [7, 11) is 0. The van der Waals surface area contributed by atoms with Crippen LogP contribution in [0.15, 0.2) is 18.2 Å². The first-order valence-corrected chi connectivity index (χ1v) is 8.08. The first kappa shape index (κ1) is 13.9. The van der Waals surface area contributed by atoms with Crippen LogP contribution in [0.25, 0.3) is 0 Å². The van der Waals surface area contributed by atoms with Gasteiger partial charge >= 0.3 is 0 Å².